The molecule has 1 aliphatic rings. The maximum atomic E-state index is 11.1. The smallest absolute Gasteiger partial charge is 0.307 e. The van der Waals surface area contributed by atoms with E-state index in [1.807, 2.05) is 35.2 Å². The number of rotatable bonds is 6. The highest BCUT2D eigenvalue weighted by Gasteiger charge is 2.26. The predicted octanol–water partition coefficient (Wildman–Crippen LogP) is 1.77. The van der Waals surface area contributed by atoms with E-state index in [1.165, 1.54) is 0 Å². The molecule has 2 N–H and O–H groups in total. The number of β-amino-alcohol motifs (C(OH)–C–C–N with tert-alkyl or cyclic N) is 1. The van der Waals surface area contributed by atoms with Crippen LogP contribution in [0.15, 0.2) is 36.4 Å². The number of nitrogens with zero attached hydrogens (tertiary/aromatic N) is 2. The second-order valence-corrected chi connectivity index (χ2v) is 6.24. The van der Waals surface area contributed by atoms with Crippen LogP contribution in [0.3, 0.4) is 0 Å². The Labute approximate surface area is 140 Å². The summed E-state index contributed by atoms with van der Waals surface area (Å²) in [6.45, 7) is 1.85. The first-order valence-corrected chi connectivity index (χ1v) is 8.23. The molecule has 0 aliphatic carbocycles. The SMILES string of the molecule is O=C(O)[C@@H]1CCCN(CC(O)COc2ccc3ccccc3n2)C1. The number of ether oxygens (including phenoxy) is 1. The fourth-order valence-electron chi connectivity index (χ4n) is 3.08. The van der Waals surface area contributed by atoms with Gasteiger partial charge in [0.05, 0.1) is 11.4 Å². The molecule has 0 saturated carbocycles. The number of aliphatic hydroxyl groups excluding tert-OH is 1. The maximum absolute atomic E-state index is 11.1. The molecule has 6 heteroatoms. The molecule has 1 aromatic heterocycles. The number of fused-ring (bicyclic) bond motifs is 1. The summed E-state index contributed by atoms with van der Waals surface area (Å²) in [5, 5.41) is 20.3. The number of carboxylic acids is 1. The third-order valence-corrected chi connectivity index (χ3v) is 4.32. The van der Waals surface area contributed by atoms with Crippen LogP contribution in [0.2, 0.25) is 0 Å². The van der Waals surface area contributed by atoms with Gasteiger partial charge in [0.1, 0.15) is 12.7 Å². The normalized spacial score (nSPS) is 20.0. The number of hydrogen-bond donors (Lipinski definition) is 2. The number of pyridine rings is 1. The molecule has 128 valence electrons. The molecule has 2 atom stereocenters. The summed E-state index contributed by atoms with van der Waals surface area (Å²) in [6, 6.07) is 11.5. The Bertz CT molecular complexity index is 706. The Balaban J connectivity index is 1.51. The molecule has 1 aliphatic heterocycles. The van der Waals surface area contributed by atoms with E-state index >= 15 is 0 Å². The first kappa shape index (κ1) is 16.7. The predicted molar refractivity (Wildman–Crippen MR) is 90.0 cm³/mol. The van der Waals surface area contributed by atoms with Gasteiger partial charge in [-0.3, -0.25) is 9.69 Å². The second kappa shape index (κ2) is 7.59. The molecule has 0 radical (unpaired) electrons. The van der Waals surface area contributed by atoms with Crippen molar-refractivity contribution in [2.45, 2.75) is 18.9 Å². The number of carboxylic acid groups (broad SMARTS) is 1. The van der Waals surface area contributed by atoms with Crippen molar-refractivity contribution in [3.8, 4) is 5.88 Å². The zero-order chi connectivity index (χ0) is 16.9. The fourth-order valence-corrected chi connectivity index (χ4v) is 3.08. The van der Waals surface area contributed by atoms with Crippen molar-refractivity contribution in [3.05, 3.63) is 36.4 Å². The summed E-state index contributed by atoms with van der Waals surface area (Å²) in [5.74, 6) is -0.616. The van der Waals surface area contributed by atoms with Gasteiger partial charge < -0.3 is 14.9 Å². The van der Waals surface area contributed by atoms with Crippen molar-refractivity contribution in [2.75, 3.05) is 26.2 Å². The molecule has 0 amide bonds. The fraction of sp³-hybridized carbons (Fsp3) is 0.444. The number of likely N-dealkylation sites (tertiary alicyclic amines) is 1. The molecule has 0 spiro atoms. The van der Waals surface area contributed by atoms with Crippen LogP contribution in [0, 0.1) is 5.92 Å². The van der Waals surface area contributed by atoms with E-state index in [4.69, 9.17) is 9.84 Å². The monoisotopic (exact) mass is 330 g/mol. The Morgan fingerprint density at radius 1 is 1.33 bits per heavy atom. The molecule has 24 heavy (non-hydrogen) atoms. The van der Waals surface area contributed by atoms with Gasteiger partial charge in [0, 0.05) is 24.5 Å². The summed E-state index contributed by atoms with van der Waals surface area (Å²) in [6.07, 6.45) is 0.877. The van der Waals surface area contributed by atoms with Gasteiger partial charge >= 0.3 is 5.97 Å². The Morgan fingerprint density at radius 2 is 2.17 bits per heavy atom. The summed E-state index contributed by atoms with van der Waals surface area (Å²) < 4.78 is 5.59. The number of aliphatic hydroxyl groups is 1. The average molecular weight is 330 g/mol. The highest BCUT2D eigenvalue weighted by atomic mass is 16.5. The van der Waals surface area contributed by atoms with Gasteiger partial charge in [-0.1, -0.05) is 18.2 Å². The number of aromatic nitrogens is 1. The van der Waals surface area contributed by atoms with Crippen LogP contribution in [-0.2, 0) is 4.79 Å². The van der Waals surface area contributed by atoms with Crippen LogP contribution in [0.4, 0.5) is 0 Å². The Kier molecular flexibility index (Phi) is 5.27. The van der Waals surface area contributed by atoms with Crippen molar-refractivity contribution in [1.82, 2.24) is 9.88 Å². The molecule has 1 aromatic carbocycles. The lowest BCUT2D eigenvalue weighted by Crippen LogP contribution is -2.43. The molecule has 1 fully saturated rings. The molecular weight excluding hydrogens is 308 g/mol. The van der Waals surface area contributed by atoms with Gasteiger partial charge in [0.15, 0.2) is 0 Å². The van der Waals surface area contributed by atoms with Gasteiger partial charge in [0.2, 0.25) is 5.88 Å². The summed E-state index contributed by atoms with van der Waals surface area (Å²) >= 11 is 0. The van der Waals surface area contributed by atoms with Crippen molar-refractivity contribution < 1.29 is 19.7 Å². The zero-order valence-electron chi connectivity index (χ0n) is 13.5. The van der Waals surface area contributed by atoms with Gasteiger partial charge in [-0.05, 0) is 31.5 Å². The number of benzene rings is 1. The number of carbonyl (C=O) groups is 1. The maximum Gasteiger partial charge on any atom is 0.307 e. The van der Waals surface area contributed by atoms with E-state index in [-0.39, 0.29) is 12.5 Å². The third-order valence-electron chi connectivity index (χ3n) is 4.32. The Hall–Kier alpha value is -2.18. The number of aliphatic carboxylic acids is 1. The molecule has 6 nitrogen and oxygen atoms in total. The van der Waals surface area contributed by atoms with Gasteiger partial charge in [0.25, 0.3) is 0 Å². The number of hydrogen-bond acceptors (Lipinski definition) is 5. The number of piperidine rings is 1. The molecule has 2 aromatic rings. The van der Waals surface area contributed by atoms with Crippen molar-refractivity contribution in [2.24, 2.45) is 5.92 Å². The van der Waals surface area contributed by atoms with E-state index < -0.39 is 12.1 Å². The van der Waals surface area contributed by atoms with Gasteiger partial charge in [-0.25, -0.2) is 4.98 Å². The minimum atomic E-state index is -0.759. The van der Waals surface area contributed by atoms with E-state index in [0.717, 1.165) is 23.9 Å². The Morgan fingerprint density at radius 3 is 3.00 bits per heavy atom. The lowest BCUT2D eigenvalue weighted by Gasteiger charge is -2.31. The highest BCUT2D eigenvalue weighted by molar-refractivity contribution is 5.78. The number of para-hydroxylation sites is 1. The van der Waals surface area contributed by atoms with E-state index in [1.54, 1.807) is 6.07 Å². The largest absolute Gasteiger partial charge is 0.481 e. The summed E-state index contributed by atoms with van der Waals surface area (Å²) in [5.41, 5.74) is 0.852. The first-order valence-electron chi connectivity index (χ1n) is 8.23. The van der Waals surface area contributed by atoms with E-state index in [9.17, 15) is 9.90 Å². The molecular formula is C18H22N2O4. The zero-order valence-corrected chi connectivity index (χ0v) is 13.5. The van der Waals surface area contributed by atoms with Gasteiger partial charge in [-0.15, -0.1) is 0 Å². The summed E-state index contributed by atoms with van der Waals surface area (Å²) in [4.78, 5) is 17.5. The van der Waals surface area contributed by atoms with Crippen LogP contribution in [-0.4, -0.2) is 58.4 Å². The van der Waals surface area contributed by atoms with Crippen molar-refractivity contribution in [3.63, 3.8) is 0 Å². The van der Waals surface area contributed by atoms with Crippen LogP contribution in [0.1, 0.15) is 12.8 Å². The topological polar surface area (TPSA) is 82.9 Å². The molecule has 1 unspecified atom stereocenters. The van der Waals surface area contributed by atoms with E-state index in [2.05, 4.69) is 4.98 Å². The van der Waals surface area contributed by atoms with E-state index in [0.29, 0.717) is 25.4 Å². The minimum Gasteiger partial charge on any atom is -0.481 e. The molecule has 2 heterocycles. The standard InChI is InChI=1S/C18H22N2O4/c21-15(11-20-9-3-5-14(10-20)18(22)23)12-24-17-8-7-13-4-1-2-6-16(13)19-17/h1-2,4,6-8,14-15,21H,3,5,9-12H2,(H,22,23)/t14-,15?/m1/s1. The second-order valence-electron chi connectivity index (χ2n) is 6.24. The van der Waals surface area contributed by atoms with Crippen LogP contribution in [0.5, 0.6) is 5.88 Å². The lowest BCUT2D eigenvalue weighted by atomic mass is 9.98. The molecule has 1 saturated heterocycles. The van der Waals surface area contributed by atoms with Crippen LogP contribution < -0.4 is 4.74 Å². The summed E-state index contributed by atoms with van der Waals surface area (Å²) in [7, 11) is 0. The van der Waals surface area contributed by atoms with Crippen LogP contribution >= 0.6 is 0 Å². The lowest BCUT2D eigenvalue weighted by molar-refractivity contribution is -0.143. The van der Waals surface area contributed by atoms with Crippen molar-refractivity contribution in [1.29, 1.82) is 0 Å². The quantitative estimate of drug-likeness (QED) is 0.840. The molecule has 3 rings (SSSR count). The molecule has 0 bridgehead atoms. The van der Waals surface area contributed by atoms with Gasteiger partial charge in [-0.2, -0.15) is 0 Å². The average Bonchev–Trinajstić information content (AvgIpc) is 2.60. The highest BCUT2D eigenvalue weighted by Crippen LogP contribution is 2.18. The third kappa shape index (κ3) is 4.21. The van der Waals surface area contributed by atoms with Crippen molar-refractivity contribution >= 4 is 16.9 Å². The minimum absolute atomic E-state index is 0.138. The van der Waals surface area contributed by atoms with Crippen LogP contribution in [0.25, 0.3) is 10.9 Å². The first-order chi connectivity index (χ1) is 11.6.